The van der Waals surface area contributed by atoms with E-state index in [1.165, 1.54) is 0 Å². The Morgan fingerprint density at radius 1 is 1.28 bits per heavy atom. The van der Waals surface area contributed by atoms with Gasteiger partial charge in [-0.3, -0.25) is 9.78 Å². The molecule has 5 nitrogen and oxygen atoms in total. The zero-order chi connectivity index (χ0) is 17.8. The van der Waals surface area contributed by atoms with Gasteiger partial charge in [0.2, 0.25) is 5.91 Å². The summed E-state index contributed by atoms with van der Waals surface area (Å²) in [6.45, 7) is 5.43. The maximum Gasteiger partial charge on any atom is 0.237 e. The van der Waals surface area contributed by atoms with Gasteiger partial charge in [0, 0.05) is 41.8 Å². The minimum atomic E-state index is 0.00123. The molecular formula is C19H23ClN4O. The van der Waals surface area contributed by atoms with E-state index in [1.807, 2.05) is 43.0 Å². The SMILES string of the molecule is Cc1cccc(Nc2cc(C)nc(C3CCCN(C(=O)CCl)C3)c2)n1. The molecule has 1 aliphatic rings. The Morgan fingerprint density at radius 2 is 2.12 bits per heavy atom. The fraction of sp³-hybridized carbons (Fsp3) is 0.421. The number of alkyl halides is 1. The van der Waals surface area contributed by atoms with Crippen LogP contribution in [0.25, 0.3) is 0 Å². The molecule has 1 amide bonds. The van der Waals surface area contributed by atoms with E-state index in [9.17, 15) is 4.79 Å². The average molecular weight is 359 g/mol. The van der Waals surface area contributed by atoms with Crippen molar-refractivity contribution in [2.24, 2.45) is 0 Å². The van der Waals surface area contributed by atoms with Crippen LogP contribution in [0, 0.1) is 13.8 Å². The van der Waals surface area contributed by atoms with E-state index in [4.69, 9.17) is 16.6 Å². The second-order valence-corrected chi connectivity index (χ2v) is 6.79. The Bertz CT molecular complexity index is 765. The number of carbonyl (C=O) groups is 1. The number of likely N-dealkylation sites (tertiary alicyclic amines) is 1. The van der Waals surface area contributed by atoms with Gasteiger partial charge < -0.3 is 10.2 Å². The second-order valence-electron chi connectivity index (χ2n) is 6.52. The van der Waals surface area contributed by atoms with Gasteiger partial charge in [-0.25, -0.2) is 4.98 Å². The highest BCUT2D eigenvalue weighted by molar-refractivity contribution is 6.27. The Hall–Kier alpha value is -2.14. The quantitative estimate of drug-likeness (QED) is 0.845. The van der Waals surface area contributed by atoms with E-state index in [2.05, 4.69) is 16.4 Å². The molecule has 1 fully saturated rings. The van der Waals surface area contributed by atoms with E-state index in [0.717, 1.165) is 48.0 Å². The molecule has 0 aliphatic carbocycles. The summed E-state index contributed by atoms with van der Waals surface area (Å²) in [5, 5.41) is 3.36. The molecule has 0 aromatic carbocycles. The van der Waals surface area contributed by atoms with Crippen molar-refractivity contribution in [3.05, 3.63) is 47.4 Å². The second kappa shape index (κ2) is 7.83. The Morgan fingerprint density at radius 3 is 2.88 bits per heavy atom. The fourth-order valence-electron chi connectivity index (χ4n) is 3.27. The molecule has 2 aromatic rings. The molecule has 3 heterocycles. The molecule has 1 unspecified atom stereocenters. The Labute approximate surface area is 153 Å². The molecular weight excluding hydrogens is 336 g/mol. The van der Waals surface area contributed by atoms with Crippen molar-refractivity contribution in [1.29, 1.82) is 0 Å². The first-order chi connectivity index (χ1) is 12.0. The van der Waals surface area contributed by atoms with Crippen LogP contribution in [0.15, 0.2) is 30.3 Å². The predicted molar refractivity (Wildman–Crippen MR) is 101 cm³/mol. The van der Waals surface area contributed by atoms with Crippen LogP contribution in [0.4, 0.5) is 11.5 Å². The van der Waals surface area contributed by atoms with Gasteiger partial charge in [0.1, 0.15) is 11.7 Å². The molecule has 6 heteroatoms. The zero-order valence-corrected chi connectivity index (χ0v) is 15.4. The monoisotopic (exact) mass is 358 g/mol. The minimum absolute atomic E-state index is 0.00123. The normalized spacial score (nSPS) is 17.4. The number of hydrogen-bond acceptors (Lipinski definition) is 4. The van der Waals surface area contributed by atoms with E-state index in [1.54, 1.807) is 0 Å². The lowest BCUT2D eigenvalue weighted by Gasteiger charge is -2.32. The highest BCUT2D eigenvalue weighted by Gasteiger charge is 2.25. The largest absolute Gasteiger partial charge is 0.341 e. The molecule has 25 heavy (non-hydrogen) atoms. The lowest BCUT2D eigenvalue weighted by molar-refractivity contribution is -0.129. The van der Waals surface area contributed by atoms with Gasteiger partial charge in [-0.05, 0) is 51.0 Å². The van der Waals surface area contributed by atoms with Gasteiger partial charge in [-0.2, -0.15) is 0 Å². The maximum atomic E-state index is 11.9. The predicted octanol–water partition coefficient (Wildman–Crippen LogP) is 3.78. The first kappa shape index (κ1) is 17.7. The van der Waals surface area contributed by atoms with Crippen molar-refractivity contribution in [2.45, 2.75) is 32.6 Å². The Kier molecular flexibility index (Phi) is 5.53. The molecule has 1 saturated heterocycles. The highest BCUT2D eigenvalue weighted by atomic mass is 35.5. The number of anilines is 2. The highest BCUT2D eigenvalue weighted by Crippen LogP contribution is 2.28. The smallest absolute Gasteiger partial charge is 0.237 e. The van der Waals surface area contributed by atoms with E-state index < -0.39 is 0 Å². The number of nitrogens with zero attached hydrogens (tertiary/aromatic N) is 3. The van der Waals surface area contributed by atoms with Gasteiger partial charge >= 0.3 is 0 Å². The van der Waals surface area contributed by atoms with Gasteiger partial charge in [-0.15, -0.1) is 11.6 Å². The summed E-state index contributed by atoms with van der Waals surface area (Å²) in [7, 11) is 0. The summed E-state index contributed by atoms with van der Waals surface area (Å²) >= 11 is 5.71. The summed E-state index contributed by atoms with van der Waals surface area (Å²) in [6.07, 6.45) is 2.01. The van der Waals surface area contributed by atoms with Gasteiger partial charge in [0.25, 0.3) is 0 Å². The van der Waals surface area contributed by atoms with Gasteiger partial charge in [0.05, 0.1) is 0 Å². The summed E-state index contributed by atoms with van der Waals surface area (Å²) in [6, 6.07) is 9.98. The molecule has 1 N–H and O–H groups in total. The number of pyridine rings is 2. The number of carbonyl (C=O) groups excluding carboxylic acids is 1. The molecule has 0 radical (unpaired) electrons. The lowest BCUT2D eigenvalue weighted by Crippen LogP contribution is -2.40. The molecule has 1 aliphatic heterocycles. The van der Waals surface area contributed by atoms with Crippen LogP contribution < -0.4 is 5.32 Å². The van der Waals surface area contributed by atoms with Gasteiger partial charge in [0.15, 0.2) is 0 Å². The minimum Gasteiger partial charge on any atom is -0.341 e. The van der Waals surface area contributed by atoms with Crippen molar-refractivity contribution < 1.29 is 4.79 Å². The zero-order valence-electron chi connectivity index (χ0n) is 14.6. The standard InChI is InChI=1S/C19H23ClN4O/c1-13-5-3-7-18(22-13)23-16-9-14(2)21-17(10-16)15-6-4-8-24(12-15)19(25)11-20/h3,5,7,9-10,15H,4,6,8,11-12H2,1-2H3,(H,21,22,23). The van der Waals surface area contributed by atoms with Crippen LogP contribution in [0.3, 0.4) is 0 Å². The van der Waals surface area contributed by atoms with Crippen LogP contribution in [-0.2, 0) is 4.79 Å². The van der Waals surface area contributed by atoms with Gasteiger partial charge in [-0.1, -0.05) is 6.07 Å². The van der Waals surface area contributed by atoms with E-state index in [0.29, 0.717) is 6.54 Å². The van der Waals surface area contributed by atoms with Crippen molar-refractivity contribution in [1.82, 2.24) is 14.9 Å². The van der Waals surface area contributed by atoms with Crippen LogP contribution in [-0.4, -0.2) is 39.7 Å². The number of aromatic nitrogens is 2. The summed E-state index contributed by atoms with van der Waals surface area (Å²) < 4.78 is 0. The number of aryl methyl sites for hydroxylation is 2. The molecule has 0 saturated carbocycles. The topological polar surface area (TPSA) is 58.1 Å². The summed E-state index contributed by atoms with van der Waals surface area (Å²) in [4.78, 5) is 22.9. The number of amides is 1. The molecule has 3 rings (SSSR count). The third-order valence-corrected chi connectivity index (χ3v) is 4.67. The van der Waals surface area contributed by atoms with Crippen LogP contribution in [0.5, 0.6) is 0 Å². The molecule has 1 atom stereocenters. The number of piperidine rings is 1. The molecule has 132 valence electrons. The average Bonchev–Trinajstić information content (AvgIpc) is 2.60. The van der Waals surface area contributed by atoms with Crippen molar-refractivity contribution >= 4 is 29.0 Å². The number of nitrogens with one attached hydrogen (secondary N) is 1. The van der Waals surface area contributed by atoms with Crippen molar-refractivity contribution in [3.8, 4) is 0 Å². The number of hydrogen-bond donors (Lipinski definition) is 1. The third-order valence-electron chi connectivity index (χ3n) is 4.44. The van der Waals surface area contributed by atoms with Crippen LogP contribution in [0.1, 0.15) is 35.8 Å². The summed E-state index contributed by atoms with van der Waals surface area (Å²) in [5.41, 5.74) is 3.91. The van der Waals surface area contributed by atoms with Crippen LogP contribution in [0.2, 0.25) is 0 Å². The van der Waals surface area contributed by atoms with Crippen molar-refractivity contribution in [2.75, 3.05) is 24.3 Å². The Balaban J connectivity index is 1.80. The van der Waals surface area contributed by atoms with Crippen LogP contribution >= 0.6 is 11.6 Å². The lowest BCUT2D eigenvalue weighted by atomic mass is 9.93. The molecule has 0 bridgehead atoms. The first-order valence-electron chi connectivity index (χ1n) is 8.58. The van der Waals surface area contributed by atoms with Crippen molar-refractivity contribution in [3.63, 3.8) is 0 Å². The summed E-state index contributed by atoms with van der Waals surface area (Å²) in [5.74, 6) is 1.10. The third kappa shape index (κ3) is 4.48. The van der Waals surface area contributed by atoms with E-state index >= 15 is 0 Å². The number of halogens is 1. The maximum absolute atomic E-state index is 11.9. The first-order valence-corrected chi connectivity index (χ1v) is 9.11. The molecule has 0 spiro atoms. The molecule has 2 aromatic heterocycles. The number of rotatable bonds is 4. The fourth-order valence-corrected chi connectivity index (χ4v) is 3.43. The van der Waals surface area contributed by atoms with E-state index in [-0.39, 0.29) is 17.7 Å².